The van der Waals surface area contributed by atoms with Gasteiger partial charge in [-0.05, 0) is 174 Å². The van der Waals surface area contributed by atoms with Crippen LogP contribution in [-0.2, 0) is 5.41 Å². The van der Waals surface area contributed by atoms with Gasteiger partial charge >= 0.3 is 0 Å². The van der Waals surface area contributed by atoms with Crippen LogP contribution < -0.4 is 4.90 Å². The maximum atomic E-state index is 6.34. The van der Waals surface area contributed by atoms with Crippen LogP contribution in [0.3, 0.4) is 0 Å². The summed E-state index contributed by atoms with van der Waals surface area (Å²) in [7, 11) is 0. The number of terminal acetylenes is 4. The number of aromatic nitrogens is 1. The van der Waals surface area contributed by atoms with Gasteiger partial charge in [0.2, 0.25) is 0 Å². The number of nitrogens with zero attached hydrogens (tertiary/aromatic N) is 2. The number of benzene rings is 12. The Bertz CT molecular complexity index is 4890. The van der Waals surface area contributed by atoms with E-state index in [4.69, 9.17) is 25.7 Å². The van der Waals surface area contributed by atoms with E-state index in [2.05, 4.69) is 271 Å². The Morgan fingerprint density at radius 3 is 1.41 bits per heavy atom. The molecule has 0 saturated heterocycles. The summed E-state index contributed by atoms with van der Waals surface area (Å²) < 4.78 is 2.39. The van der Waals surface area contributed by atoms with Gasteiger partial charge in [0, 0.05) is 61.2 Å². The summed E-state index contributed by atoms with van der Waals surface area (Å²) in [5.41, 5.74) is 26.3. The SMILES string of the molecule is C#Cc1cccc(-c2cccc(-c3cccc(C#C)c3C#C)c2-c2cc(-c3ccccc3)cc(-n3c4ccccc4c4cc(-c5ccc(N(c6ccc(-c7ccccc7)cc6)c6ccc7c(c6)C(C)(C)c6ccccc6-7)cc5)ccc43)c2)c1C#C. The smallest absolute Gasteiger partial charge is 0.0541 e. The standard InChI is InChI=1S/C83H54N2/c1-7-55-28-21-32-70(68(55)9-3)75-34-23-35-76(71-33-22-29-56(8-2)69(71)10-4)82(75)63-50-62(58-26-15-12-16-27-58)51-67(52-63)85-80-37-20-18-31-74(80)77-53-61(42-49-81(77)85)60-40-45-65(46-41-60)84(64-43-38-59(39-44-64)57-24-13-11-14-25-57)66-47-48-73-72-30-17-19-36-78(72)83(5,6)79(73)54-66/h1-4,11-54H,5-6H3. The molecule has 396 valence electrons. The molecule has 1 aliphatic rings. The molecule has 0 unspecified atom stereocenters. The summed E-state index contributed by atoms with van der Waals surface area (Å²) in [6, 6.07) is 95.4. The lowest BCUT2D eigenvalue weighted by Crippen LogP contribution is -2.16. The van der Waals surface area contributed by atoms with Crippen LogP contribution in [0.25, 0.3) is 105 Å². The van der Waals surface area contributed by atoms with Crippen LogP contribution in [0.5, 0.6) is 0 Å². The molecule has 1 aromatic heterocycles. The Kier molecular flexibility index (Phi) is 12.8. The van der Waals surface area contributed by atoms with Crippen LogP contribution in [0.15, 0.2) is 267 Å². The van der Waals surface area contributed by atoms with Crippen LogP contribution in [0, 0.1) is 49.4 Å². The number of anilines is 3. The Morgan fingerprint density at radius 1 is 0.318 bits per heavy atom. The molecule has 85 heavy (non-hydrogen) atoms. The predicted octanol–water partition coefficient (Wildman–Crippen LogP) is 20.5. The van der Waals surface area contributed by atoms with Gasteiger partial charge in [0.15, 0.2) is 0 Å². The molecule has 2 nitrogen and oxygen atoms in total. The molecule has 0 amide bonds. The molecular weight excluding hydrogens is 1020 g/mol. The molecule has 0 saturated carbocycles. The van der Waals surface area contributed by atoms with Crippen LogP contribution in [0.4, 0.5) is 17.1 Å². The molecule has 12 aromatic carbocycles. The molecule has 14 rings (SSSR count). The van der Waals surface area contributed by atoms with Crippen molar-refractivity contribution in [1.29, 1.82) is 0 Å². The molecule has 2 heteroatoms. The number of rotatable bonds is 10. The molecule has 0 radical (unpaired) electrons. The zero-order valence-electron chi connectivity index (χ0n) is 47.1. The monoisotopic (exact) mass is 1080 g/mol. The van der Waals surface area contributed by atoms with Crippen LogP contribution in [-0.4, -0.2) is 4.57 Å². The molecule has 0 N–H and O–H groups in total. The highest BCUT2D eigenvalue weighted by atomic mass is 15.1. The summed E-state index contributed by atoms with van der Waals surface area (Å²) >= 11 is 0. The van der Waals surface area contributed by atoms with Crippen LogP contribution >= 0.6 is 0 Å². The number of fused-ring (bicyclic) bond motifs is 6. The van der Waals surface area contributed by atoms with Crippen LogP contribution in [0.1, 0.15) is 47.2 Å². The van der Waals surface area contributed by atoms with Gasteiger partial charge in [-0.2, -0.15) is 0 Å². The fourth-order valence-electron chi connectivity index (χ4n) is 13.0. The molecule has 0 bridgehead atoms. The third-order valence-corrected chi connectivity index (χ3v) is 17.1. The highest BCUT2D eigenvalue weighted by Gasteiger charge is 2.36. The van der Waals surface area contributed by atoms with Crippen molar-refractivity contribution in [2.75, 3.05) is 4.90 Å². The third kappa shape index (κ3) is 8.78. The van der Waals surface area contributed by atoms with Gasteiger partial charge in [0.25, 0.3) is 0 Å². The summed E-state index contributed by atoms with van der Waals surface area (Å²) in [5, 5.41) is 2.28. The van der Waals surface area contributed by atoms with Crippen molar-refractivity contribution < 1.29 is 0 Å². The second-order valence-electron chi connectivity index (χ2n) is 22.2. The van der Waals surface area contributed by atoms with Gasteiger partial charge in [-0.25, -0.2) is 0 Å². The molecule has 0 fully saturated rings. The number of hydrogen-bond donors (Lipinski definition) is 0. The second-order valence-corrected chi connectivity index (χ2v) is 22.2. The van der Waals surface area contributed by atoms with Gasteiger partial charge in [-0.3, -0.25) is 0 Å². The first-order valence-electron chi connectivity index (χ1n) is 28.6. The summed E-state index contributed by atoms with van der Waals surface area (Å²) in [4.78, 5) is 2.39. The van der Waals surface area contributed by atoms with Crippen molar-refractivity contribution >= 4 is 38.9 Å². The van der Waals surface area contributed by atoms with Gasteiger partial charge in [-0.1, -0.05) is 220 Å². The van der Waals surface area contributed by atoms with Crippen molar-refractivity contribution in [3.63, 3.8) is 0 Å². The largest absolute Gasteiger partial charge is 0.310 e. The van der Waals surface area contributed by atoms with Gasteiger partial charge in [-0.15, -0.1) is 25.7 Å². The van der Waals surface area contributed by atoms with Gasteiger partial charge < -0.3 is 9.47 Å². The minimum atomic E-state index is -0.149. The number of hydrogen-bond acceptors (Lipinski definition) is 1. The van der Waals surface area contributed by atoms with E-state index in [0.717, 1.165) is 100 Å². The van der Waals surface area contributed by atoms with Crippen molar-refractivity contribution in [3.05, 3.63) is 300 Å². The Balaban J connectivity index is 0.918. The lowest BCUT2D eigenvalue weighted by atomic mass is 9.82. The minimum absolute atomic E-state index is 0.149. The fraction of sp³-hybridized carbons (Fsp3) is 0.0361. The first kappa shape index (κ1) is 51.6. The highest BCUT2D eigenvalue weighted by molar-refractivity contribution is 6.11. The zero-order valence-corrected chi connectivity index (χ0v) is 47.1. The average molecular weight is 1080 g/mol. The third-order valence-electron chi connectivity index (χ3n) is 17.1. The maximum Gasteiger partial charge on any atom is 0.0541 e. The minimum Gasteiger partial charge on any atom is -0.310 e. The van der Waals surface area contributed by atoms with Gasteiger partial charge in [0.1, 0.15) is 0 Å². The Morgan fingerprint density at radius 2 is 0.788 bits per heavy atom. The van der Waals surface area contributed by atoms with E-state index in [-0.39, 0.29) is 5.41 Å². The van der Waals surface area contributed by atoms with Crippen molar-refractivity contribution in [3.8, 4) is 133 Å². The lowest BCUT2D eigenvalue weighted by molar-refractivity contribution is 0.660. The summed E-state index contributed by atoms with van der Waals surface area (Å²) in [5.74, 6) is 11.6. The normalized spacial score (nSPS) is 11.9. The number of para-hydroxylation sites is 1. The maximum absolute atomic E-state index is 6.34. The molecule has 1 aliphatic carbocycles. The zero-order chi connectivity index (χ0) is 57.8. The van der Waals surface area contributed by atoms with E-state index in [1.165, 1.54) is 33.4 Å². The highest BCUT2D eigenvalue weighted by Crippen LogP contribution is 2.51. The average Bonchev–Trinajstić information content (AvgIpc) is 2.14. The van der Waals surface area contributed by atoms with Crippen molar-refractivity contribution in [1.82, 2.24) is 4.57 Å². The first-order chi connectivity index (χ1) is 41.7. The van der Waals surface area contributed by atoms with E-state index >= 15 is 0 Å². The topological polar surface area (TPSA) is 8.17 Å². The van der Waals surface area contributed by atoms with E-state index in [0.29, 0.717) is 22.3 Å². The molecule has 1 heterocycles. The van der Waals surface area contributed by atoms with E-state index in [1.54, 1.807) is 0 Å². The van der Waals surface area contributed by atoms with Crippen molar-refractivity contribution in [2.45, 2.75) is 19.3 Å². The predicted molar refractivity (Wildman–Crippen MR) is 357 cm³/mol. The molecule has 0 aliphatic heterocycles. The molecule has 13 aromatic rings. The summed E-state index contributed by atoms with van der Waals surface area (Å²) in [6.07, 6.45) is 24.9. The van der Waals surface area contributed by atoms with E-state index in [1.807, 2.05) is 42.5 Å². The van der Waals surface area contributed by atoms with E-state index < -0.39 is 0 Å². The second kappa shape index (κ2) is 21.1. The lowest BCUT2D eigenvalue weighted by Gasteiger charge is -2.28. The quantitative estimate of drug-likeness (QED) is 0.124. The van der Waals surface area contributed by atoms with Crippen LogP contribution in [0.2, 0.25) is 0 Å². The Labute approximate surface area is 498 Å². The van der Waals surface area contributed by atoms with Crippen molar-refractivity contribution in [2.24, 2.45) is 0 Å². The molecule has 0 spiro atoms. The molecular formula is C83H54N2. The Hall–Kier alpha value is -11.5. The van der Waals surface area contributed by atoms with E-state index in [9.17, 15) is 0 Å². The first-order valence-corrected chi connectivity index (χ1v) is 28.6. The van der Waals surface area contributed by atoms with Gasteiger partial charge in [0.05, 0.1) is 11.0 Å². The molecule has 0 atom stereocenters. The summed E-state index contributed by atoms with van der Waals surface area (Å²) in [6.45, 7) is 4.69. The fourth-order valence-corrected chi connectivity index (χ4v) is 13.0.